The molecule has 3 rings (SSSR count). The summed E-state index contributed by atoms with van der Waals surface area (Å²) in [5.41, 5.74) is 1.28. The van der Waals surface area contributed by atoms with Crippen molar-refractivity contribution in [3.05, 3.63) is 55.9 Å². The van der Waals surface area contributed by atoms with Gasteiger partial charge in [0, 0.05) is 18.8 Å². The van der Waals surface area contributed by atoms with Gasteiger partial charge in [0.05, 0.1) is 32.4 Å². The number of carboxylic acid groups (broad SMARTS) is 1. The Morgan fingerprint density at radius 3 is 2.67 bits per heavy atom. The van der Waals surface area contributed by atoms with E-state index in [1.54, 1.807) is 24.3 Å². The Morgan fingerprint density at radius 1 is 1.30 bits per heavy atom. The highest BCUT2D eigenvalue weighted by Crippen LogP contribution is 2.32. The molecule has 0 saturated carbocycles. The number of rotatable bonds is 6. The van der Waals surface area contributed by atoms with Gasteiger partial charge < -0.3 is 9.84 Å². The zero-order valence-electron chi connectivity index (χ0n) is 14.7. The van der Waals surface area contributed by atoms with Crippen molar-refractivity contribution in [3.8, 4) is 5.75 Å². The molecule has 0 aliphatic carbocycles. The topological polar surface area (TPSA) is 81.4 Å². The molecule has 3 aromatic rings. The number of carboxylic acids is 1. The summed E-state index contributed by atoms with van der Waals surface area (Å²) >= 11 is 13.1. The summed E-state index contributed by atoms with van der Waals surface area (Å²) in [7, 11) is 0. The zero-order chi connectivity index (χ0) is 20.0. The molecule has 6 nitrogen and oxygen atoms in total. The van der Waals surface area contributed by atoms with Gasteiger partial charge in [0.25, 0.3) is 0 Å². The van der Waals surface area contributed by atoms with E-state index in [0.717, 1.165) is 11.3 Å². The maximum atomic E-state index is 12.1. The number of thiazole rings is 1. The van der Waals surface area contributed by atoms with Crippen LogP contribution >= 0.6 is 34.5 Å². The van der Waals surface area contributed by atoms with Crippen molar-refractivity contribution in [2.75, 3.05) is 0 Å². The van der Waals surface area contributed by atoms with Crippen molar-refractivity contribution < 1.29 is 14.6 Å². The van der Waals surface area contributed by atoms with Crippen molar-refractivity contribution in [1.82, 2.24) is 9.55 Å². The summed E-state index contributed by atoms with van der Waals surface area (Å²) in [6.07, 6.45) is 1.39. The van der Waals surface area contributed by atoms with Crippen LogP contribution in [0.15, 0.2) is 35.3 Å². The third-order valence-corrected chi connectivity index (χ3v) is 4.90. The first-order valence-corrected chi connectivity index (χ1v) is 9.79. The number of benzene rings is 1. The van der Waals surface area contributed by atoms with Crippen LogP contribution in [0.3, 0.4) is 0 Å². The molecular weight excluding hydrogens is 411 g/mol. The van der Waals surface area contributed by atoms with E-state index < -0.39 is 5.97 Å². The first-order valence-electron chi connectivity index (χ1n) is 8.22. The van der Waals surface area contributed by atoms with E-state index in [9.17, 15) is 9.59 Å². The van der Waals surface area contributed by atoms with Gasteiger partial charge in [-0.3, -0.25) is 19.1 Å². The van der Waals surface area contributed by atoms with Gasteiger partial charge in [-0.05, 0) is 18.2 Å². The molecule has 27 heavy (non-hydrogen) atoms. The predicted molar refractivity (Wildman–Crippen MR) is 108 cm³/mol. The van der Waals surface area contributed by atoms with Gasteiger partial charge >= 0.3 is 10.8 Å². The minimum Gasteiger partial charge on any atom is -0.486 e. The van der Waals surface area contributed by atoms with E-state index in [-0.39, 0.29) is 24.4 Å². The van der Waals surface area contributed by atoms with Crippen LogP contribution in [-0.2, 0) is 17.9 Å². The Kier molecular flexibility index (Phi) is 7.65. The molecule has 0 saturated heterocycles. The molecule has 0 fully saturated rings. The Morgan fingerprint density at radius 2 is 2.04 bits per heavy atom. The van der Waals surface area contributed by atoms with Gasteiger partial charge in [-0.25, -0.2) is 0 Å². The van der Waals surface area contributed by atoms with Crippen molar-refractivity contribution in [2.24, 2.45) is 0 Å². The van der Waals surface area contributed by atoms with E-state index >= 15 is 0 Å². The maximum absolute atomic E-state index is 12.1. The van der Waals surface area contributed by atoms with Crippen LogP contribution in [0.25, 0.3) is 10.2 Å². The van der Waals surface area contributed by atoms with E-state index in [1.807, 2.05) is 13.8 Å². The molecule has 1 aromatic carbocycles. The number of hydrogen-bond acceptors (Lipinski definition) is 5. The molecule has 0 aliphatic heterocycles. The van der Waals surface area contributed by atoms with Crippen molar-refractivity contribution in [2.45, 2.75) is 33.4 Å². The van der Waals surface area contributed by atoms with Crippen molar-refractivity contribution in [3.63, 3.8) is 0 Å². The lowest BCUT2D eigenvalue weighted by molar-refractivity contribution is -0.137. The number of ether oxygens (including phenoxy) is 1. The van der Waals surface area contributed by atoms with Crippen LogP contribution in [0.1, 0.15) is 26.0 Å². The van der Waals surface area contributed by atoms with Gasteiger partial charge in [0.15, 0.2) is 0 Å². The van der Waals surface area contributed by atoms with E-state index in [2.05, 4.69) is 4.98 Å². The molecule has 9 heteroatoms. The van der Waals surface area contributed by atoms with Gasteiger partial charge in [-0.2, -0.15) is 0 Å². The lowest BCUT2D eigenvalue weighted by atomic mass is 10.3. The highest BCUT2D eigenvalue weighted by atomic mass is 35.5. The van der Waals surface area contributed by atoms with E-state index in [1.165, 1.54) is 10.8 Å². The number of aromatic nitrogens is 2. The third-order valence-electron chi connectivity index (χ3n) is 3.44. The number of nitrogens with zero attached hydrogens (tertiary/aromatic N) is 2. The lowest BCUT2D eigenvalue weighted by Gasteiger charge is -2.09. The molecule has 2 aromatic heterocycles. The van der Waals surface area contributed by atoms with Crippen LogP contribution < -0.4 is 9.61 Å². The summed E-state index contributed by atoms with van der Waals surface area (Å²) in [5, 5.41) is 9.67. The Bertz CT molecular complexity index is 983. The number of halogens is 2. The zero-order valence-corrected chi connectivity index (χ0v) is 17.1. The fourth-order valence-corrected chi connectivity index (χ4v) is 3.49. The van der Waals surface area contributed by atoms with Gasteiger partial charge in [-0.1, -0.05) is 48.4 Å². The Balaban J connectivity index is 0.00000126. The SMILES string of the molecule is CC.O=C(O)CCn1c(=O)sc2cc(OCc3ccc(Cl)cn3)c(Cl)cc21. The summed E-state index contributed by atoms with van der Waals surface area (Å²) in [6.45, 7) is 4.30. The van der Waals surface area contributed by atoms with Gasteiger partial charge in [0.1, 0.15) is 12.4 Å². The first kappa shape index (κ1) is 21.2. The van der Waals surface area contributed by atoms with Crippen molar-refractivity contribution >= 4 is 50.7 Å². The molecule has 1 N–H and O–H groups in total. The minimum absolute atomic E-state index is 0.0966. The number of aryl methyl sites for hydroxylation is 1. The minimum atomic E-state index is -0.965. The average Bonchev–Trinajstić information content (AvgIpc) is 2.95. The number of aliphatic carboxylic acids is 1. The van der Waals surface area contributed by atoms with Crippen LogP contribution in [0.5, 0.6) is 5.75 Å². The molecule has 144 valence electrons. The predicted octanol–water partition coefficient (Wildman–Crippen LogP) is 4.84. The van der Waals surface area contributed by atoms with Gasteiger partial charge in [0.2, 0.25) is 0 Å². The largest absolute Gasteiger partial charge is 0.486 e. The van der Waals surface area contributed by atoms with Crippen LogP contribution in [0.2, 0.25) is 10.0 Å². The quantitative estimate of drug-likeness (QED) is 0.606. The highest BCUT2D eigenvalue weighted by Gasteiger charge is 2.13. The molecule has 0 amide bonds. The maximum Gasteiger partial charge on any atom is 0.308 e. The number of fused-ring (bicyclic) bond motifs is 1. The molecule has 0 atom stereocenters. The Hall–Kier alpha value is -2.09. The fourth-order valence-electron chi connectivity index (χ4n) is 2.24. The number of pyridine rings is 1. The second-order valence-corrected chi connectivity index (χ2v) is 7.01. The molecule has 0 bridgehead atoms. The second-order valence-electron chi connectivity index (χ2n) is 5.17. The van der Waals surface area contributed by atoms with Gasteiger partial charge in [-0.15, -0.1) is 0 Å². The molecule has 2 heterocycles. The average molecular weight is 429 g/mol. The monoisotopic (exact) mass is 428 g/mol. The molecule has 0 unspecified atom stereocenters. The normalized spacial score (nSPS) is 10.4. The summed E-state index contributed by atoms with van der Waals surface area (Å²) in [4.78, 5) is 26.7. The molecule has 0 spiro atoms. The fraction of sp³-hybridized carbons (Fsp3) is 0.278. The first-order chi connectivity index (χ1) is 12.9. The number of carbonyl (C=O) groups is 1. The standard InChI is InChI=1S/C16H12Cl2N2O4S.C2H6/c17-9-1-2-10(19-7-9)8-24-13-6-14-12(5-11(13)18)20(16(23)25-14)4-3-15(21)22;1-2/h1-2,5-7H,3-4,8H2,(H,21,22);1-2H3. The third kappa shape index (κ3) is 5.45. The second kappa shape index (κ2) is 9.73. The van der Waals surface area contributed by atoms with E-state index in [0.29, 0.717) is 31.7 Å². The molecule has 0 radical (unpaired) electrons. The smallest absolute Gasteiger partial charge is 0.308 e. The van der Waals surface area contributed by atoms with Crippen molar-refractivity contribution in [1.29, 1.82) is 0 Å². The van der Waals surface area contributed by atoms with E-state index in [4.69, 9.17) is 33.0 Å². The van der Waals surface area contributed by atoms with Crippen LogP contribution in [0.4, 0.5) is 0 Å². The summed E-state index contributed by atoms with van der Waals surface area (Å²) in [5.74, 6) is -0.537. The lowest BCUT2D eigenvalue weighted by Crippen LogP contribution is -2.15. The number of hydrogen-bond donors (Lipinski definition) is 1. The summed E-state index contributed by atoms with van der Waals surface area (Å²) < 4.78 is 7.77. The van der Waals surface area contributed by atoms with Crippen LogP contribution in [0, 0.1) is 0 Å². The molecule has 0 aliphatic rings. The summed E-state index contributed by atoms with van der Waals surface area (Å²) in [6, 6.07) is 6.75. The van der Waals surface area contributed by atoms with Crippen LogP contribution in [-0.4, -0.2) is 20.6 Å². The molecular formula is C18H18Cl2N2O4S. The highest BCUT2D eigenvalue weighted by molar-refractivity contribution is 7.16. The Labute approximate surface area is 169 Å².